The van der Waals surface area contributed by atoms with Crippen molar-refractivity contribution >= 4 is 0 Å². The van der Waals surface area contributed by atoms with Crippen LogP contribution in [0.1, 0.15) is 36.5 Å². The third-order valence-electron chi connectivity index (χ3n) is 5.11. The van der Waals surface area contributed by atoms with Gasteiger partial charge in [0.25, 0.3) is 0 Å². The summed E-state index contributed by atoms with van der Waals surface area (Å²) >= 11 is 0. The Morgan fingerprint density at radius 3 is 2.80 bits per heavy atom. The minimum atomic E-state index is 0.222. The van der Waals surface area contributed by atoms with Gasteiger partial charge in [-0.15, -0.1) is 0 Å². The predicted octanol–water partition coefficient (Wildman–Crippen LogP) is 2.37. The zero-order valence-electron chi connectivity index (χ0n) is 12.7. The van der Waals surface area contributed by atoms with Crippen LogP contribution in [-0.4, -0.2) is 44.2 Å². The fourth-order valence-corrected chi connectivity index (χ4v) is 3.45. The van der Waals surface area contributed by atoms with Crippen molar-refractivity contribution in [1.29, 1.82) is 0 Å². The van der Waals surface area contributed by atoms with Crippen molar-refractivity contribution < 1.29 is 4.74 Å². The summed E-state index contributed by atoms with van der Waals surface area (Å²) in [6.07, 6.45) is 5.26. The first kappa shape index (κ1) is 14.1. The van der Waals surface area contributed by atoms with E-state index in [0.29, 0.717) is 5.54 Å². The molecule has 1 aliphatic heterocycles. The summed E-state index contributed by atoms with van der Waals surface area (Å²) in [7, 11) is 4.40. The van der Waals surface area contributed by atoms with Crippen LogP contribution >= 0.6 is 0 Å². The molecule has 1 N–H and O–H groups in total. The van der Waals surface area contributed by atoms with Gasteiger partial charge < -0.3 is 15.0 Å². The molecule has 1 aromatic rings. The molecule has 1 heterocycles. The first-order chi connectivity index (χ1) is 9.71. The van der Waals surface area contributed by atoms with Gasteiger partial charge in [-0.3, -0.25) is 0 Å². The summed E-state index contributed by atoms with van der Waals surface area (Å²) < 4.78 is 5.96. The quantitative estimate of drug-likeness (QED) is 0.892. The smallest absolute Gasteiger partial charge is 0.0952 e. The number of benzene rings is 1. The van der Waals surface area contributed by atoms with Gasteiger partial charge in [0.1, 0.15) is 0 Å². The van der Waals surface area contributed by atoms with E-state index in [-0.39, 0.29) is 6.10 Å². The highest BCUT2D eigenvalue weighted by molar-refractivity contribution is 5.31. The lowest BCUT2D eigenvalue weighted by Crippen LogP contribution is -2.56. The van der Waals surface area contributed by atoms with Crippen LogP contribution in [0.25, 0.3) is 0 Å². The topological polar surface area (TPSA) is 24.5 Å². The Morgan fingerprint density at radius 1 is 1.30 bits per heavy atom. The van der Waals surface area contributed by atoms with Crippen LogP contribution in [0.2, 0.25) is 0 Å². The van der Waals surface area contributed by atoms with Crippen LogP contribution in [0, 0.1) is 0 Å². The van der Waals surface area contributed by atoms with E-state index in [0.717, 1.165) is 26.1 Å². The van der Waals surface area contributed by atoms with Crippen LogP contribution in [0.3, 0.4) is 0 Å². The van der Waals surface area contributed by atoms with Crippen molar-refractivity contribution in [3.8, 4) is 0 Å². The molecule has 110 valence electrons. The van der Waals surface area contributed by atoms with E-state index < -0.39 is 0 Å². The number of fused-ring (bicyclic) bond motifs is 1. The molecular weight excluding hydrogens is 248 g/mol. The van der Waals surface area contributed by atoms with E-state index >= 15 is 0 Å². The molecule has 3 heteroatoms. The van der Waals surface area contributed by atoms with E-state index in [4.69, 9.17) is 4.74 Å². The maximum absolute atomic E-state index is 5.96. The first-order valence-electron chi connectivity index (χ1n) is 7.79. The number of nitrogens with zero attached hydrogens (tertiary/aromatic N) is 1. The molecule has 1 unspecified atom stereocenters. The number of likely N-dealkylation sites (N-methyl/N-ethyl adjacent to an activating group) is 1. The zero-order chi connectivity index (χ0) is 14.0. The van der Waals surface area contributed by atoms with Crippen molar-refractivity contribution in [2.24, 2.45) is 0 Å². The van der Waals surface area contributed by atoms with Gasteiger partial charge in [0.05, 0.1) is 12.7 Å². The third-order valence-corrected chi connectivity index (χ3v) is 5.11. The third kappa shape index (κ3) is 2.62. The van der Waals surface area contributed by atoms with Crippen molar-refractivity contribution in [1.82, 2.24) is 10.2 Å². The number of nitrogens with one attached hydrogen (secondary N) is 1. The minimum absolute atomic E-state index is 0.222. The van der Waals surface area contributed by atoms with E-state index in [1.54, 1.807) is 0 Å². The summed E-state index contributed by atoms with van der Waals surface area (Å²) in [5, 5.41) is 3.65. The second-order valence-electron chi connectivity index (χ2n) is 6.41. The molecule has 0 saturated heterocycles. The van der Waals surface area contributed by atoms with E-state index in [1.807, 2.05) is 0 Å². The number of hydrogen-bond donors (Lipinski definition) is 1. The minimum Gasteiger partial charge on any atom is -0.372 e. The highest BCUT2D eigenvalue weighted by Gasteiger charge is 2.38. The Labute approximate surface area is 122 Å². The fraction of sp³-hybridized carbons (Fsp3) is 0.647. The van der Waals surface area contributed by atoms with Crippen molar-refractivity contribution in [2.45, 2.75) is 37.3 Å². The largest absolute Gasteiger partial charge is 0.372 e. The van der Waals surface area contributed by atoms with Gasteiger partial charge in [0.2, 0.25) is 0 Å². The molecule has 0 aromatic heterocycles. The maximum Gasteiger partial charge on any atom is 0.0952 e. The average molecular weight is 274 g/mol. The fourth-order valence-electron chi connectivity index (χ4n) is 3.45. The SMILES string of the molecule is CN(C)C1(CNCC2OCCc3ccccc32)CCC1. The Balaban J connectivity index is 1.57. The van der Waals surface area contributed by atoms with Crippen molar-refractivity contribution in [3.63, 3.8) is 0 Å². The van der Waals surface area contributed by atoms with Crippen LogP contribution in [0.4, 0.5) is 0 Å². The van der Waals surface area contributed by atoms with Crippen LogP contribution < -0.4 is 5.32 Å². The van der Waals surface area contributed by atoms with Gasteiger partial charge in [-0.1, -0.05) is 24.3 Å². The predicted molar refractivity (Wildman–Crippen MR) is 82.0 cm³/mol. The standard InChI is InChI=1S/C17H26N2O/c1-19(2)17(9-5-10-17)13-18-12-16-15-7-4-3-6-14(15)8-11-20-16/h3-4,6-7,16,18H,5,8-13H2,1-2H3. The monoisotopic (exact) mass is 274 g/mol. The number of ether oxygens (including phenoxy) is 1. The highest BCUT2D eigenvalue weighted by Crippen LogP contribution is 2.35. The van der Waals surface area contributed by atoms with Gasteiger partial charge >= 0.3 is 0 Å². The molecule has 1 atom stereocenters. The van der Waals surface area contributed by atoms with Crippen molar-refractivity contribution in [2.75, 3.05) is 33.8 Å². The molecule has 1 fully saturated rings. The average Bonchev–Trinajstić information content (AvgIpc) is 2.41. The molecule has 1 saturated carbocycles. The second-order valence-corrected chi connectivity index (χ2v) is 6.41. The Kier molecular flexibility index (Phi) is 4.11. The van der Waals surface area contributed by atoms with Gasteiger partial charge in [-0.05, 0) is 50.9 Å². The van der Waals surface area contributed by atoms with Gasteiger partial charge in [0.15, 0.2) is 0 Å². The number of hydrogen-bond acceptors (Lipinski definition) is 3. The van der Waals surface area contributed by atoms with E-state index in [9.17, 15) is 0 Å². The maximum atomic E-state index is 5.96. The lowest BCUT2D eigenvalue weighted by Gasteiger charge is -2.47. The van der Waals surface area contributed by atoms with Gasteiger partial charge in [-0.2, -0.15) is 0 Å². The molecule has 3 rings (SSSR count). The summed E-state index contributed by atoms with van der Waals surface area (Å²) in [4.78, 5) is 2.39. The molecule has 2 aliphatic rings. The summed E-state index contributed by atoms with van der Waals surface area (Å²) in [6, 6.07) is 8.70. The lowest BCUT2D eigenvalue weighted by atomic mass is 9.75. The van der Waals surface area contributed by atoms with Crippen LogP contribution in [-0.2, 0) is 11.2 Å². The number of rotatable bonds is 5. The summed E-state index contributed by atoms with van der Waals surface area (Å²) in [5.41, 5.74) is 3.21. The molecule has 0 bridgehead atoms. The molecule has 0 spiro atoms. The first-order valence-corrected chi connectivity index (χ1v) is 7.79. The Hall–Kier alpha value is -0.900. The zero-order valence-corrected chi connectivity index (χ0v) is 12.7. The van der Waals surface area contributed by atoms with Gasteiger partial charge in [-0.25, -0.2) is 0 Å². The van der Waals surface area contributed by atoms with E-state index in [1.165, 1.54) is 30.4 Å². The van der Waals surface area contributed by atoms with Crippen molar-refractivity contribution in [3.05, 3.63) is 35.4 Å². The molecule has 1 aliphatic carbocycles. The molecular formula is C17H26N2O. The summed E-state index contributed by atoms with van der Waals surface area (Å²) in [5.74, 6) is 0. The van der Waals surface area contributed by atoms with Crippen LogP contribution in [0.5, 0.6) is 0 Å². The second kappa shape index (κ2) is 5.84. The van der Waals surface area contributed by atoms with Crippen LogP contribution in [0.15, 0.2) is 24.3 Å². The molecule has 1 aromatic carbocycles. The Morgan fingerprint density at radius 2 is 2.10 bits per heavy atom. The molecule has 0 radical (unpaired) electrons. The summed E-state index contributed by atoms with van der Waals surface area (Å²) in [6.45, 7) is 2.84. The van der Waals surface area contributed by atoms with Gasteiger partial charge in [0, 0.05) is 18.6 Å². The Bertz CT molecular complexity index is 454. The lowest BCUT2D eigenvalue weighted by molar-refractivity contribution is 0.0284. The van der Waals surface area contributed by atoms with E-state index in [2.05, 4.69) is 48.6 Å². The highest BCUT2D eigenvalue weighted by atomic mass is 16.5. The molecule has 20 heavy (non-hydrogen) atoms. The molecule has 3 nitrogen and oxygen atoms in total. The molecule has 0 amide bonds. The normalized spacial score (nSPS) is 24.2.